The third-order valence-corrected chi connectivity index (χ3v) is 6.59. The van der Waals surface area contributed by atoms with Crippen LogP contribution in [0.1, 0.15) is 18.4 Å². The van der Waals surface area contributed by atoms with Gasteiger partial charge < -0.3 is 11.1 Å². The van der Waals surface area contributed by atoms with Gasteiger partial charge in [-0.1, -0.05) is 0 Å². The van der Waals surface area contributed by atoms with E-state index in [1.807, 2.05) is 17.8 Å². The Bertz CT molecular complexity index is 746. The van der Waals surface area contributed by atoms with E-state index in [4.69, 9.17) is 5.73 Å². The Hall–Kier alpha value is -1.61. The average Bonchev–Trinajstić information content (AvgIpc) is 3.12. The minimum Gasteiger partial charge on any atom is -0.382 e. The Morgan fingerprint density at radius 3 is 2.90 bits per heavy atom. The van der Waals surface area contributed by atoms with Crippen molar-refractivity contribution in [3.63, 3.8) is 0 Å². The number of rotatable bonds is 6. The van der Waals surface area contributed by atoms with Crippen LogP contribution >= 0.6 is 11.5 Å². The number of hydrogen-bond acceptors (Lipinski definition) is 7. The van der Waals surface area contributed by atoms with Crippen molar-refractivity contribution in [3.05, 3.63) is 18.0 Å². The van der Waals surface area contributed by atoms with Crippen molar-refractivity contribution in [3.8, 4) is 0 Å². The summed E-state index contributed by atoms with van der Waals surface area (Å²) < 4.78 is 30.5. The molecule has 3 N–H and O–H groups in total. The van der Waals surface area contributed by atoms with Crippen molar-refractivity contribution in [1.82, 2.24) is 14.2 Å². The molecule has 0 spiro atoms. The molecule has 1 saturated carbocycles. The predicted octanol–water partition coefficient (Wildman–Crippen LogP) is 1.28. The van der Waals surface area contributed by atoms with Crippen molar-refractivity contribution < 1.29 is 8.42 Å². The normalized spacial score (nSPS) is 15.3. The fourth-order valence-corrected chi connectivity index (χ4v) is 5.01. The zero-order chi connectivity index (χ0) is 15.0. The number of aryl methyl sites for hydroxylation is 1. The van der Waals surface area contributed by atoms with Crippen LogP contribution in [0.2, 0.25) is 0 Å². The van der Waals surface area contributed by atoms with Gasteiger partial charge in [-0.15, -0.1) is 0 Å². The Balaban J connectivity index is 1.71. The smallest absolute Gasteiger partial charge is 0.187 e. The SMILES string of the molecule is Cc1cnn(CCNc2snc(N)c2S(=O)(=O)C2CC2)c1. The maximum Gasteiger partial charge on any atom is 0.187 e. The highest BCUT2D eigenvalue weighted by Crippen LogP contribution is 2.40. The second kappa shape index (κ2) is 5.30. The van der Waals surface area contributed by atoms with Crippen molar-refractivity contribution in [2.75, 3.05) is 17.6 Å². The molecule has 0 unspecified atom stereocenters. The minimum absolute atomic E-state index is 0.101. The van der Waals surface area contributed by atoms with Crippen molar-refractivity contribution >= 4 is 32.2 Å². The number of hydrogen-bond donors (Lipinski definition) is 2. The molecule has 1 fully saturated rings. The van der Waals surface area contributed by atoms with Gasteiger partial charge in [0.1, 0.15) is 9.90 Å². The van der Waals surface area contributed by atoms with Gasteiger partial charge in [0.15, 0.2) is 15.7 Å². The van der Waals surface area contributed by atoms with Gasteiger partial charge in [0, 0.05) is 12.7 Å². The highest BCUT2D eigenvalue weighted by molar-refractivity contribution is 7.92. The molecular weight excluding hydrogens is 310 g/mol. The molecule has 9 heteroatoms. The van der Waals surface area contributed by atoms with Gasteiger partial charge >= 0.3 is 0 Å². The summed E-state index contributed by atoms with van der Waals surface area (Å²) in [6.07, 6.45) is 5.14. The molecule has 0 radical (unpaired) electrons. The Labute approximate surface area is 127 Å². The molecule has 1 aliphatic carbocycles. The first-order valence-electron chi connectivity index (χ1n) is 6.70. The predicted molar refractivity (Wildman–Crippen MR) is 82.2 cm³/mol. The Kier molecular flexibility index (Phi) is 3.62. The van der Waals surface area contributed by atoms with Crippen LogP contribution < -0.4 is 11.1 Å². The first-order valence-corrected chi connectivity index (χ1v) is 9.02. The van der Waals surface area contributed by atoms with Gasteiger partial charge in [-0.05, 0) is 36.9 Å². The molecule has 0 aromatic carbocycles. The summed E-state index contributed by atoms with van der Waals surface area (Å²) in [6, 6.07) is 0. The second-order valence-corrected chi connectivity index (χ2v) is 8.12. The fraction of sp³-hybridized carbons (Fsp3) is 0.500. The second-order valence-electron chi connectivity index (χ2n) is 5.18. The maximum absolute atomic E-state index is 12.4. The molecule has 3 rings (SSSR count). The fourth-order valence-electron chi connectivity index (χ4n) is 2.10. The van der Waals surface area contributed by atoms with Gasteiger partial charge in [-0.25, -0.2) is 8.42 Å². The lowest BCUT2D eigenvalue weighted by Crippen LogP contribution is -2.14. The molecule has 1 aliphatic rings. The van der Waals surface area contributed by atoms with Gasteiger partial charge in [-0.3, -0.25) is 4.68 Å². The molecule has 2 heterocycles. The number of aromatic nitrogens is 3. The zero-order valence-corrected chi connectivity index (χ0v) is 13.2. The van der Waals surface area contributed by atoms with Crippen LogP contribution in [-0.4, -0.2) is 34.4 Å². The number of anilines is 2. The Morgan fingerprint density at radius 2 is 2.29 bits per heavy atom. The van der Waals surface area contributed by atoms with E-state index in [1.54, 1.807) is 6.20 Å². The van der Waals surface area contributed by atoms with E-state index in [9.17, 15) is 8.42 Å². The standard InChI is InChI=1S/C12H17N5O2S2/c1-8-6-15-17(7-8)5-4-14-12-10(11(13)16-20-12)21(18,19)9-2-3-9/h6-7,9,14H,2-5H2,1H3,(H2,13,16). The molecule has 0 saturated heterocycles. The maximum atomic E-state index is 12.4. The van der Waals surface area contributed by atoms with Crippen molar-refractivity contribution in [2.24, 2.45) is 0 Å². The quantitative estimate of drug-likeness (QED) is 0.828. The molecule has 114 valence electrons. The molecule has 0 atom stereocenters. The lowest BCUT2D eigenvalue weighted by atomic mass is 10.4. The van der Waals surface area contributed by atoms with Crippen molar-refractivity contribution in [2.45, 2.75) is 36.5 Å². The lowest BCUT2D eigenvalue weighted by Gasteiger charge is -2.07. The Morgan fingerprint density at radius 1 is 1.52 bits per heavy atom. The summed E-state index contributed by atoms with van der Waals surface area (Å²) in [7, 11) is -3.34. The van der Waals surface area contributed by atoms with Crippen LogP contribution in [0.3, 0.4) is 0 Å². The van der Waals surface area contributed by atoms with Crippen LogP contribution in [0.25, 0.3) is 0 Å². The summed E-state index contributed by atoms with van der Waals surface area (Å²) in [5, 5.41) is 7.54. The summed E-state index contributed by atoms with van der Waals surface area (Å²) in [4.78, 5) is 0.173. The average molecular weight is 327 g/mol. The molecule has 0 bridgehead atoms. The molecular formula is C12H17N5O2S2. The molecule has 2 aromatic heterocycles. The van der Waals surface area contributed by atoms with Gasteiger partial charge in [0.2, 0.25) is 0 Å². The number of nitrogens with two attached hydrogens (primary N) is 1. The van der Waals surface area contributed by atoms with E-state index in [1.165, 1.54) is 0 Å². The van der Waals surface area contributed by atoms with E-state index in [0.717, 1.165) is 17.1 Å². The van der Waals surface area contributed by atoms with E-state index < -0.39 is 9.84 Å². The monoisotopic (exact) mass is 327 g/mol. The highest BCUT2D eigenvalue weighted by Gasteiger charge is 2.40. The van der Waals surface area contributed by atoms with Gasteiger partial charge in [-0.2, -0.15) is 9.47 Å². The van der Waals surface area contributed by atoms with Crippen LogP contribution in [-0.2, 0) is 16.4 Å². The molecule has 0 amide bonds. The number of sulfone groups is 1. The third-order valence-electron chi connectivity index (χ3n) is 3.31. The topological polar surface area (TPSA) is 103 Å². The molecule has 0 aliphatic heterocycles. The largest absolute Gasteiger partial charge is 0.382 e. The first-order chi connectivity index (χ1) is 9.98. The number of nitrogens with zero attached hydrogens (tertiary/aromatic N) is 3. The van der Waals surface area contributed by atoms with E-state index >= 15 is 0 Å². The van der Waals surface area contributed by atoms with Crippen LogP contribution in [0, 0.1) is 6.92 Å². The zero-order valence-electron chi connectivity index (χ0n) is 11.6. The van der Waals surface area contributed by atoms with E-state index in [2.05, 4.69) is 14.8 Å². The summed E-state index contributed by atoms with van der Waals surface area (Å²) in [5.74, 6) is 0.101. The highest BCUT2D eigenvalue weighted by atomic mass is 32.2. The minimum atomic E-state index is -3.34. The summed E-state index contributed by atoms with van der Waals surface area (Å²) in [5.41, 5.74) is 6.83. The molecule has 7 nitrogen and oxygen atoms in total. The lowest BCUT2D eigenvalue weighted by molar-refractivity contribution is 0.595. The van der Waals surface area contributed by atoms with Crippen LogP contribution in [0.5, 0.6) is 0 Å². The summed E-state index contributed by atoms with van der Waals surface area (Å²) >= 11 is 1.09. The molecule has 2 aromatic rings. The van der Waals surface area contributed by atoms with E-state index in [0.29, 0.717) is 30.9 Å². The third kappa shape index (κ3) is 2.88. The van der Waals surface area contributed by atoms with Crippen molar-refractivity contribution in [1.29, 1.82) is 0 Å². The molecule has 21 heavy (non-hydrogen) atoms. The number of nitrogen functional groups attached to an aromatic ring is 1. The number of nitrogens with one attached hydrogen (secondary N) is 1. The summed E-state index contributed by atoms with van der Waals surface area (Å²) in [6.45, 7) is 3.19. The van der Waals surface area contributed by atoms with Crippen LogP contribution in [0.4, 0.5) is 10.8 Å². The van der Waals surface area contributed by atoms with E-state index in [-0.39, 0.29) is 16.0 Å². The van der Waals surface area contributed by atoms with Gasteiger partial charge in [0.25, 0.3) is 0 Å². The van der Waals surface area contributed by atoms with Crippen LogP contribution in [0.15, 0.2) is 17.3 Å². The first kappa shape index (κ1) is 14.3. The van der Waals surface area contributed by atoms with Gasteiger partial charge in [0.05, 0.1) is 18.0 Å².